The Bertz CT molecular complexity index is 1170. The number of carbonyl (C=O) groups excluding carboxylic acids is 3. The molecule has 4 saturated heterocycles. The second-order valence-corrected chi connectivity index (χ2v) is 10.3. The van der Waals surface area contributed by atoms with Gasteiger partial charge in [-0.1, -0.05) is 18.2 Å². The van der Waals surface area contributed by atoms with E-state index in [9.17, 15) is 19.5 Å². The number of rotatable bonds is 5. The van der Waals surface area contributed by atoms with Crippen molar-refractivity contribution < 1.29 is 19.5 Å². The highest BCUT2D eigenvalue weighted by Gasteiger charge is 2.66. The van der Waals surface area contributed by atoms with Crippen molar-refractivity contribution in [3.8, 4) is 0 Å². The van der Waals surface area contributed by atoms with Gasteiger partial charge in [0.05, 0.1) is 24.7 Å². The van der Waals surface area contributed by atoms with Crippen molar-refractivity contribution in [2.24, 2.45) is 5.92 Å². The molecule has 13 heteroatoms. The van der Waals surface area contributed by atoms with Gasteiger partial charge in [0, 0.05) is 44.1 Å². The van der Waals surface area contributed by atoms with Crippen LogP contribution in [0, 0.1) is 16.7 Å². The molecule has 4 amide bonds. The zero-order valence-corrected chi connectivity index (χ0v) is 20.3. The molecular weight excluding hydrogens is 478 g/mol. The van der Waals surface area contributed by atoms with Crippen molar-refractivity contribution in [1.29, 1.82) is 10.8 Å². The van der Waals surface area contributed by atoms with E-state index in [2.05, 4.69) is 21.3 Å². The predicted molar refractivity (Wildman–Crippen MR) is 133 cm³/mol. The monoisotopic (exact) mass is 509 g/mol. The molecule has 0 aromatic heterocycles. The number of benzene rings is 1. The molecule has 5 aliphatic rings. The van der Waals surface area contributed by atoms with E-state index < -0.39 is 23.8 Å². The van der Waals surface area contributed by atoms with Crippen molar-refractivity contribution in [1.82, 2.24) is 31.1 Å². The number of fused-ring (bicyclic) bond motifs is 1. The summed E-state index contributed by atoms with van der Waals surface area (Å²) in [4.78, 5) is 42.8. The van der Waals surface area contributed by atoms with Crippen molar-refractivity contribution >= 4 is 35.5 Å². The van der Waals surface area contributed by atoms with Gasteiger partial charge < -0.3 is 31.3 Å². The molecule has 196 valence electrons. The molecule has 37 heavy (non-hydrogen) atoms. The molecule has 1 spiro atoms. The lowest BCUT2D eigenvalue weighted by atomic mass is 9.79. The Hall–Kier alpha value is -3.87. The van der Waals surface area contributed by atoms with Crippen molar-refractivity contribution in [2.75, 3.05) is 31.1 Å². The van der Waals surface area contributed by atoms with Crippen LogP contribution in [0.5, 0.6) is 0 Å². The molecule has 0 aliphatic carbocycles. The Morgan fingerprint density at radius 2 is 1.89 bits per heavy atom. The summed E-state index contributed by atoms with van der Waals surface area (Å²) >= 11 is 0. The van der Waals surface area contributed by atoms with Crippen molar-refractivity contribution in [2.45, 2.75) is 49.5 Å². The standard InChI is InChI=1S/C24H31N9O4/c25-21-29-20-16(11-32-18(35)5-6-19(32)36)27-22(26)33-12-15(14(8-10-34)24(20,33)30-21)28-23(37)31-9-7-13-3-1-2-4-17(13)31/h1-4,14-16,20,34H,5-12H2,(H2,26,27)(H,28,37)(H3,25,29,30)/t14?,15?,16-,20?,24?/m0/s1. The van der Waals surface area contributed by atoms with Gasteiger partial charge in [0.25, 0.3) is 0 Å². The molecule has 5 heterocycles. The molecule has 4 fully saturated rings. The third-order valence-electron chi connectivity index (χ3n) is 8.39. The Kier molecular flexibility index (Phi) is 5.48. The third kappa shape index (κ3) is 3.51. The Morgan fingerprint density at radius 3 is 2.65 bits per heavy atom. The average molecular weight is 510 g/mol. The Labute approximate surface area is 213 Å². The first-order chi connectivity index (χ1) is 17.8. The summed E-state index contributed by atoms with van der Waals surface area (Å²) in [6.45, 7) is 0.789. The number of hydrogen-bond donors (Lipinski definition) is 7. The minimum absolute atomic E-state index is 0.0546. The lowest BCUT2D eigenvalue weighted by Crippen LogP contribution is -2.77. The fraction of sp³-hybridized carbons (Fsp3) is 0.542. The number of para-hydroxylation sites is 1. The van der Waals surface area contributed by atoms with E-state index in [-0.39, 0.29) is 61.7 Å². The van der Waals surface area contributed by atoms with Crippen LogP contribution < -0.4 is 26.2 Å². The summed E-state index contributed by atoms with van der Waals surface area (Å²) in [6.07, 6.45) is 1.44. The van der Waals surface area contributed by atoms with Crippen LogP contribution in [0.1, 0.15) is 24.8 Å². The Balaban J connectivity index is 1.29. The fourth-order valence-electron chi connectivity index (χ4n) is 6.81. The molecule has 1 aromatic carbocycles. The van der Waals surface area contributed by atoms with E-state index in [0.717, 1.165) is 17.7 Å². The van der Waals surface area contributed by atoms with Crippen LogP contribution in [0.2, 0.25) is 0 Å². The summed E-state index contributed by atoms with van der Waals surface area (Å²) in [7, 11) is 0. The maximum atomic E-state index is 13.4. The lowest BCUT2D eigenvalue weighted by Gasteiger charge is -2.51. The van der Waals surface area contributed by atoms with Gasteiger partial charge in [-0.15, -0.1) is 0 Å². The van der Waals surface area contributed by atoms with Crippen molar-refractivity contribution in [3.63, 3.8) is 0 Å². The van der Waals surface area contributed by atoms with E-state index in [1.165, 1.54) is 4.90 Å². The number of carbonyl (C=O) groups is 3. The molecule has 5 aliphatic heterocycles. The van der Waals surface area contributed by atoms with Gasteiger partial charge in [-0.25, -0.2) is 4.79 Å². The van der Waals surface area contributed by atoms with Gasteiger partial charge in [0.2, 0.25) is 11.8 Å². The molecule has 4 unspecified atom stereocenters. The summed E-state index contributed by atoms with van der Waals surface area (Å²) in [5.74, 6) is -0.723. The third-order valence-corrected chi connectivity index (χ3v) is 8.39. The lowest BCUT2D eigenvalue weighted by molar-refractivity contribution is -0.139. The zero-order valence-electron chi connectivity index (χ0n) is 20.3. The minimum atomic E-state index is -1.00. The van der Waals surface area contributed by atoms with Crippen LogP contribution >= 0.6 is 0 Å². The number of nitrogens with zero attached hydrogens (tertiary/aromatic N) is 3. The largest absolute Gasteiger partial charge is 0.396 e. The van der Waals surface area contributed by atoms with Crippen LogP contribution in [-0.4, -0.2) is 94.7 Å². The first-order valence-corrected chi connectivity index (χ1v) is 12.7. The van der Waals surface area contributed by atoms with Gasteiger partial charge >= 0.3 is 6.03 Å². The van der Waals surface area contributed by atoms with Crippen LogP contribution in [-0.2, 0) is 16.0 Å². The van der Waals surface area contributed by atoms with Crippen LogP contribution in [0.25, 0.3) is 0 Å². The number of urea groups is 1. The zero-order chi connectivity index (χ0) is 25.9. The molecule has 0 radical (unpaired) electrons. The van der Waals surface area contributed by atoms with E-state index >= 15 is 0 Å². The molecule has 7 N–H and O–H groups in total. The molecule has 1 aromatic rings. The first-order valence-electron chi connectivity index (χ1n) is 12.7. The topological polar surface area (TPSA) is 177 Å². The molecule has 0 bridgehead atoms. The number of aliphatic hydroxyl groups is 1. The molecule has 0 saturated carbocycles. The van der Waals surface area contributed by atoms with Crippen LogP contribution in [0.15, 0.2) is 24.3 Å². The number of imide groups is 1. The van der Waals surface area contributed by atoms with Gasteiger partial charge in [-0.05, 0) is 24.5 Å². The summed E-state index contributed by atoms with van der Waals surface area (Å²) < 4.78 is 0. The second-order valence-electron chi connectivity index (χ2n) is 10.3. The van der Waals surface area contributed by atoms with Crippen LogP contribution in [0.4, 0.5) is 10.5 Å². The Morgan fingerprint density at radius 1 is 1.14 bits per heavy atom. The van der Waals surface area contributed by atoms with E-state index in [1.807, 2.05) is 24.3 Å². The summed E-state index contributed by atoms with van der Waals surface area (Å²) in [5, 5.41) is 39.8. The number of aliphatic hydroxyl groups excluding tert-OH is 1. The number of likely N-dealkylation sites (tertiary alicyclic amines) is 1. The highest BCUT2D eigenvalue weighted by Crippen LogP contribution is 2.43. The van der Waals surface area contributed by atoms with Gasteiger partial charge in [-0.3, -0.25) is 30.2 Å². The fourth-order valence-corrected chi connectivity index (χ4v) is 6.81. The van der Waals surface area contributed by atoms with E-state index in [0.29, 0.717) is 19.5 Å². The highest BCUT2D eigenvalue weighted by molar-refractivity contribution is 6.02. The smallest absolute Gasteiger partial charge is 0.322 e. The highest BCUT2D eigenvalue weighted by atomic mass is 16.3. The number of guanidine groups is 2. The summed E-state index contributed by atoms with van der Waals surface area (Å²) in [6, 6.07) is 6.10. The normalized spacial score (nSPS) is 32.1. The number of nitrogens with one attached hydrogen (secondary N) is 6. The molecule has 6 rings (SSSR count). The number of amides is 4. The number of anilines is 1. The van der Waals surface area contributed by atoms with Gasteiger partial charge in [-0.2, -0.15) is 0 Å². The maximum absolute atomic E-state index is 13.4. The molecule has 5 atom stereocenters. The van der Waals surface area contributed by atoms with Gasteiger partial charge in [0.1, 0.15) is 5.66 Å². The van der Waals surface area contributed by atoms with Gasteiger partial charge in [0.15, 0.2) is 11.9 Å². The van der Waals surface area contributed by atoms with E-state index in [4.69, 9.17) is 10.8 Å². The molecular formula is C24H31N9O4. The summed E-state index contributed by atoms with van der Waals surface area (Å²) in [5.41, 5.74) is 0.990. The minimum Gasteiger partial charge on any atom is -0.396 e. The second kappa shape index (κ2) is 8.61. The maximum Gasteiger partial charge on any atom is 0.322 e. The van der Waals surface area contributed by atoms with E-state index in [1.54, 1.807) is 9.80 Å². The number of hydrogen-bond acceptors (Lipinski definition) is 6. The van der Waals surface area contributed by atoms with Crippen LogP contribution in [0.3, 0.4) is 0 Å². The SMILES string of the molecule is N=C1NC2[C@H](CN3C(=O)CCC3=O)NC(=N)N3CC(NC(=O)N4CCc5ccccc54)C(CCO)C23N1. The predicted octanol–water partition coefficient (Wildman–Crippen LogP) is -1.31. The molecule has 13 nitrogen and oxygen atoms in total. The van der Waals surface area contributed by atoms with Crippen molar-refractivity contribution in [3.05, 3.63) is 29.8 Å². The first kappa shape index (κ1) is 23.5. The average Bonchev–Trinajstić information content (AvgIpc) is 3.61. The quantitative estimate of drug-likeness (QED) is 0.239.